The molecule has 2 aromatic rings. The van der Waals surface area contributed by atoms with Crippen LogP contribution in [0.5, 0.6) is 0 Å². The summed E-state index contributed by atoms with van der Waals surface area (Å²) in [7, 11) is 2.07. The monoisotopic (exact) mass is 233 g/mol. The molecule has 0 bridgehead atoms. The van der Waals surface area contributed by atoms with Gasteiger partial charge in [-0.05, 0) is 19.2 Å². The summed E-state index contributed by atoms with van der Waals surface area (Å²) < 4.78 is 13.1. The van der Waals surface area contributed by atoms with Crippen LogP contribution in [0.2, 0.25) is 0 Å². The van der Waals surface area contributed by atoms with E-state index in [9.17, 15) is 4.39 Å². The molecule has 89 valence electrons. The highest BCUT2D eigenvalue weighted by atomic mass is 19.1. The van der Waals surface area contributed by atoms with Gasteiger partial charge in [0.25, 0.3) is 0 Å². The van der Waals surface area contributed by atoms with Crippen molar-refractivity contribution in [3.63, 3.8) is 0 Å². The standard InChI is InChI=1S/C12H14FN4/c1-17-5-4-14-11(7-17)12-15-9-3-2-8(13)6-10(9)16-12/h2-3,6,11H,4-5,7H2,1H3,(H,15,16). The molecule has 1 fully saturated rings. The molecule has 0 aliphatic carbocycles. The first-order valence-corrected chi connectivity index (χ1v) is 5.73. The van der Waals surface area contributed by atoms with Crippen LogP contribution >= 0.6 is 0 Å². The summed E-state index contributed by atoms with van der Waals surface area (Å²) in [6.07, 6.45) is 0. The van der Waals surface area contributed by atoms with E-state index in [4.69, 9.17) is 0 Å². The maximum absolute atomic E-state index is 13.1. The third-order valence-corrected chi connectivity index (χ3v) is 3.09. The second kappa shape index (κ2) is 4.09. The minimum absolute atomic E-state index is 0.0733. The minimum Gasteiger partial charge on any atom is -0.341 e. The summed E-state index contributed by atoms with van der Waals surface area (Å²) in [5, 5.41) is 4.54. The summed E-state index contributed by atoms with van der Waals surface area (Å²) in [5.41, 5.74) is 1.54. The predicted molar refractivity (Wildman–Crippen MR) is 63.3 cm³/mol. The molecule has 1 N–H and O–H groups in total. The summed E-state index contributed by atoms with van der Waals surface area (Å²) in [6, 6.07) is 4.67. The van der Waals surface area contributed by atoms with Gasteiger partial charge in [-0.3, -0.25) is 0 Å². The molecule has 1 aromatic heterocycles. The molecule has 17 heavy (non-hydrogen) atoms. The van der Waals surface area contributed by atoms with Gasteiger partial charge in [0.1, 0.15) is 11.6 Å². The fourth-order valence-corrected chi connectivity index (χ4v) is 2.16. The summed E-state index contributed by atoms with van der Waals surface area (Å²) in [6.45, 7) is 2.68. The maximum Gasteiger partial charge on any atom is 0.127 e. The first kappa shape index (κ1) is 10.7. The predicted octanol–water partition coefficient (Wildman–Crippen LogP) is 1.29. The Morgan fingerprint density at radius 1 is 1.47 bits per heavy atom. The van der Waals surface area contributed by atoms with E-state index >= 15 is 0 Å². The number of rotatable bonds is 1. The molecule has 4 nitrogen and oxygen atoms in total. The molecule has 5 heteroatoms. The smallest absolute Gasteiger partial charge is 0.127 e. The summed E-state index contributed by atoms with van der Waals surface area (Å²) in [5.74, 6) is 0.574. The van der Waals surface area contributed by atoms with Gasteiger partial charge >= 0.3 is 0 Å². The first-order chi connectivity index (χ1) is 8.22. The van der Waals surface area contributed by atoms with Crippen molar-refractivity contribution in [2.45, 2.75) is 6.04 Å². The van der Waals surface area contributed by atoms with Gasteiger partial charge < -0.3 is 9.88 Å². The first-order valence-electron chi connectivity index (χ1n) is 5.73. The zero-order chi connectivity index (χ0) is 11.8. The van der Waals surface area contributed by atoms with Crippen LogP contribution in [0.4, 0.5) is 4.39 Å². The molecule has 1 aromatic carbocycles. The van der Waals surface area contributed by atoms with E-state index in [-0.39, 0.29) is 11.9 Å². The van der Waals surface area contributed by atoms with Crippen LogP contribution in [-0.4, -0.2) is 41.5 Å². The van der Waals surface area contributed by atoms with Crippen molar-refractivity contribution in [2.75, 3.05) is 26.7 Å². The van der Waals surface area contributed by atoms with E-state index in [0.717, 1.165) is 31.0 Å². The van der Waals surface area contributed by atoms with Crippen molar-refractivity contribution < 1.29 is 4.39 Å². The van der Waals surface area contributed by atoms with Gasteiger partial charge in [-0.2, -0.15) is 0 Å². The lowest BCUT2D eigenvalue weighted by Gasteiger charge is -2.28. The highest BCUT2D eigenvalue weighted by molar-refractivity contribution is 5.75. The van der Waals surface area contributed by atoms with Gasteiger partial charge in [-0.15, -0.1) is 0 Å². The Morgan fingerprint density at radius 3 is 3.18 bits per heavy atom. The molecule has 1 unspecified atom stereocenters. The fraction of sp³-hybridized carbons (Fsp3) is 0.417. The number of aromatic nitrogens is 2. The van der Waals surface area contributed by atoms with Crippen LogP contribution < -0.4 is 5.32 Å². The second-order valence-corrected chi connectivity index (χ2v) is 4.47. The Kier molecular flexibility index (Phi) is 2.57. The molecule has 1 saturated heterocycles. The van der Waals surface area contributed by atoms with Crippen LogP contribution in [0.25, 0.3) is 11.0 Å². The van der Waals surface area contributed by atoms with Crippen molar-refractivity contribution in [2.24, 2.45) is 0 Å². The van der Waals surface area contributed by atoms with Crippen LogP contribution in [-0.2, 0) is 0 Å². The van der Waals surface area contributed by atoms with Crippen molar-refractivity contribution in [1.82, 2.24) is 20.2 Å². The number of likely N-dealkylation sites (N-methyl/N-ethyl adjacent to an activating group) is 1. The van der Waals surface area contributed by atoms with Crippen molar-refractivity contribution in [1.29, 1.82) is 0 Å². The van der Waals surface area contributed by atoms with E-state index in [1.165, 1.54) is 12.1 Å². The molecule has 0 saturated carbocycles. The fourth-order valence-electron chi connectivity index (χ4n) is 2.16. The number of benzene rings is 1. The number of hydrogen-bond donors (Lipinski definition) is 1. The molecule has 1 aliphatic rings. The normalized spacial score (nSPS) is 22.1. The van der Waals surface area contributed by atoms with E-state index in [2.05, 4.69) is 27.2 Å². The lowest BCUT2D eigenvalue weighted by molar-refractivity contribution is 0.232. The zero-order valence-corrected chi connectivity index (χ0v) is 9.65. The Bertz CT molecular complexity index is 536. The highest BCUT2D eigenvalue weighted by Gasteiger charge is 2.22. The third kappa shape index (κ3) is 2.03. The molecular formula is C12H14FN4. The van der Waals surface area contributed by atoms with E-state index in [0.29, 0.717) is 5.52 Å². The summed E-state index contributed by atoms with van der Waals surface area (Å²) >= 11 is 0. The number of piperazine rings is 1. The van der Waals surface area contributed by atoms with Gasteiger partial charge in [-0.1, -0.05) is 0 Å². The van der Waals surface area contributed by atoms with Gasteiger partial charge in [-0.25, -0.2) is 14.7 Å². The molecule has 0 amide bonds. The van der Waals surface area contributed by atoms with Crippen LogP contribution in [0, 0.1) is 5.82 Å². The molecule has 1 aliphatic heterocycles. The van der Waals surface area contributed by atoms with Gasteiger partial charge in [0.05, 0.1) is 17.1 Å². The molecule has 1 radical (unpaired) electrons. The number of nitrogens with one attached hydrogen (secondary N) is 1. The second-order valence-electron chi connectivity index (χ2n) is 4.47. The number of hydrogen-bond acceptors (Lipinski definition) is 2. The number of fused-ring (bicyclic) bond motifs is 1. The Hall–Kier alpha value is -1.46. The van der Waals surface area contributed by atoms with Gasteiger partial charge in [0.2, 0.25) is 0 Å². The molecule has 2 heterocycles. The molecule has 1 atom stereocenters. The van der Waals surface area contributed by atoms with Gasteiger partial charge in [0, 0.05) is 25.7 Å². The van der Waals surface area contributed by atoms with E-state index in [1.807, 2.05) is 0 Å². The van der Waals surface area contributed by atoms with Crippen molar-refractivity contribution in [3.8, 4) is 0 Å². The van der Waals surface area contributed by atoms with Crippen LogP contribution in [0.1, 0.15) is 11.9 Å². The largest absolute Gasteiger partial charge is 0.341 e. The number of H-pyrrole nitrogens is 1. The SMILES string of the molecule is CN1CC[N]C(c2nc3cc(F)ccc3[nH]2)C1. The van der Waals surface area contributed by atoms with Crippen molar-refractivity contribution >= 4 is 11.0 Å². The highest BCUT2D eigenvalue weighted by Crippen LogP contribution is 2.19. The van der Waals surface area contributed by atoms with Crippen molar-refractivity contribution in [3.05, 3.63) is 29.8 Å². The van der Waals surface area contributed by atoms with Crippen LogP contribution in [0.3, 0.4) is 0 Å². The molecular weight excluding hydrogens is 219 g/mol. The Labute approximate surface area is 98.8 Å². The van der Waals surface area contributed by atoms with Crippen LogP contribution in [0.15, 0.2) is 18.2 Å². The Balaban J connectivity index is 1.94. The molecule has 3 rings (SSSR count). The average molecular weight is 233 g/mol. The van der Waals surface area contributed by atoms with E-state index < -0.39 is 0 Å². The summed E-state index contributed by atoms with van der Waals surface area (Å²) in [4.78, 5) is 9.86. The maximum atomic E-state index is 13.1. The lowest BCUT2D eigenvalue weighted by atomic mass is 10.2. The number of imidazole rings is 1. The molecule has 0 spiro atoms. The topological polar surface area (TPSA) is 46.0 Å². The van der Waals surface area contributed by atoms with Gasteiger partial charge in [0.15, 0.2) is 0 Å². The lowest BCUT2D eigenvalue weighted by Crippen LogP contribution is -2.40. The minimum atomic E-state index is -0.256. The van der Waals surface area contributed by atoms with E-state index in [1.54, 1.807) is 6.07 Å². The Morgan fingerprint density at radius 2 is 2.35 bits per heavy atom. The zero-order valence-electron chi connectivity index (χ0n) is 9.65. The number of nitrogens with zero attached hydrogens (tertiary/aromatic N) is 3. The third-order valence-electron chi connectivity index (χ3n) is 3.09. The average Bonchev–Trinajstić information content (AvgIpc) is 2.72. The number of aromatic amines is 1. The number of halogens is 1. The quantitative estimate of drug-likeness (QED) is 0.806.